The second kappa shape index (κ2) is 8.50. The minimum atomic E-state index is 0.718. The van der Waals surface area contributed by atoms with Gasteiger partial charge in [-0.1, -0.05) is 15.9 Å². The van der Waals surface area contributed by atoms with Crippen molar-refractivity contribution in [1.29, 1.82) is 0 Å². The minimum absolute atomic E-state index is 0.718. The van der Waals surface area contributed by atoms with Crippen molar-refractivity contribution >= 4 is 21.6 Å². The fraction of sp³-hybridized carbons (Fsp3) is 0.538. The first kappa shape index (κ1) is 14.5. The number of aryl methyl sites for hydroxylation is 1. The average molecular weight is 302 g/mol. The Labute approximate surface area is 112 Å². The number of hydrogen-bond acceptors (Lipinski definition) is 3. The van der Waals surface area contributed by atoms with E-state index in [2.05, 4.69) is 46.4 Å². The monoisotopic (exact) mass is 301 g/mol. The van der Waals surface area contributed by atoms with Crippen molar-refractivity contribution in [3.05, 3.63) is 28.2 Å². The van der Waals surface area contributed by atoms with Crippen LogP contribution < -0.4 is 5.32 Å². The molecule has 0 spiro atoms. The molecule has 0 atom stereocenters. The molecular formula is C13H20BrNO2. The van der Waals surface area contributed by atoms with E-state index < -0.39 is 0 Å². The zero-order valence-corrected chi connectivity index (χ0v) is 12.0. The van der Waals surface area contributed by atoms with Crippen LogP contribution >= 0.6 is 15.9 Å². The van der Waals surface area contributed by atoms with Crippen LogP contribution in [-0.2, 0) is 9.47 Å². The summed E-state index contributed by atoms with van der Waals surface area (Å²) in [7, 11) is 1.71. The van der Waals surface area contributed by atoms with Gasteiger partial charge >= 0.3 is 0 Å². The highest BCUT2D eigenvalue weighted by Crippen LogP contribution is 2.18. The van der Waals surface area contributed by atoms with Crippen molar-refractivity contribution in [2.75, 3.05) is 38.8 Å². The van der Waals surface area contributed by atoms with Crippen molar-refractivity contribution in [2.24, 2.45) is 0 Å². The normalized spacial score (nSPS) is 10.5. The summed E-state index contributed by atoms with van der Waals surface area (Å²) in [4.78, 5) is 0. The third-order valence-electron chi connectivity index (χ3n) is 2.25. The van der Waals surface area contributed by atoms with Gasteiger partial charge in [0.15, 0.2) is 0 Å². The molecule has 96 valence electrons. The summed E-state index contributed by atoms with van der Waals surface area (Å²) in [5, 5.41) is 3.33. The van der Waals surface area contributed by atoms with Gasteiger partial charge in [-0.2, -0.15) is 0 Å². The lowest BCUT2D eigenvalue weighted by Gasteiger charge is -2.08. The molecule has 0 saturated heterocycles. The highest BCUT2D eigenvalue weighted by molar-refractivity contribution is 9.10. The lowest BCUT2D eigenvalue weighted by Crippen LogP contribution is -2.10. The maximum absolute atomic E-state index is 5.46. The van der Waals surface area contributed by atoms with Gasteiger partial charge in [-0.3, -0.25) is 0 Å². The third kappa shape index (κ3) is 6.66. The summed E-state index contributed by atoms with van der Waals surface area (Å²) in [5.74, 6) is 0. The standard InChI is InChI=1S/C13H20BrNO2/c1-11-8-12(14)10-13(9-11)15-4-7-17-6-3-5-16-2/h8-10,15H,3-7H2,1-2H3. The molecule has 1 aromatic carbocycles. The van der Waals surface area contributed by atoms with Gasteiger partial charge in [0.05, 0.1) is 6.61 Å². The molecule has 0 aliphatic heterocycles. The molecule has 0 radical (unpaired) electrons. The number of anilines is 1. The summed E-state index contributed by atoms with van der Waals surface area (Å²) >= 11 is 3.48. The van der Waals surface area contributed by atoms with E-state index in [-0.39, 0.29) is 0 Å². The number of ether oxygens (including phenoxy) is 2. The fourth-order valence-corrected chi connectivity index (χ4v) is 2.12. The Balaban J connectivity index is 2.13. The summed E-state index contributed by atoms with van der Waals surface area (Å²) in [6.45, 7) is 5.14. The van der Waals surface area contributed by atoms with E-state index in [0.29, 0.717) is 0 Å². The van der Waals surface area contributed by atoms with Gasteiger partial charge in [-0.05, 0) is 37.1 Å². The van der Waals surface area contributed by atoms with Crippen LogP contribution in [-0.4, -0.2) is 33.5 Å². The second-order valence-corrected chi connectivity index (χ2v) is 4.82. The predicted octanol–water partition coefficient (Wildman–Crippen LogP) is 3.22. The molecule has 17 heavy (non-hydrogen) atoms. The highest BCUT2D eigenvalue weighted by atomic mass is 79.9. The zero-order valence-electron chi connectivity index (χ0n) is 10.5. The Hall–Kier alpha value is -0.580. The van der Waals surface area contributed by atoms with Crippen molar-refractivity contribution in [3.8, 4) is 0 Å². The molecule has 1 rings (SSSR count). The summed E-state index contributed by atoms with van der Waals surface area (Å²) in [6.07, 6.45) is 0.951. The Bertz CT molecular complexity index is 311. The molecule has 0 aliphatic rings. The van der Waals surface area contributed by atoms with E-state index >= 15 is 0 Å². The van der Waals surface area contributed by atoms with Crippen LogP contribution in [0.4, 0.5) is 5.69 Å². The summed E-state index contributed by atoms with van der Waals surface area (Å²) < 4.78 is 11.5. The predicted molar refractivity (Wildman–Crippen MR) is 74.7 cm³/mol. The van der Waals surface area contributed by atoms with Gasteiger partial charge in [-0.25, -0.2) is 0 Å². The molecule has 1 N–H and O–H groups in total. The molecule has 0 saturated carbocycles. The van der Waals surface area contributed by atoms with Crippen molar-refractivity contribution in [1.82, 2.24) is 0 Å². The maximum atomic E-state index is 5.46. The van der Waals surface area contributed by atoms with Crippen molar-refractivity contribution < 1.29 is 9.47 Å². The maximum Gasteiger partial charge on any atom is 0.0639 e. The fourth-order valence-electron chi connectivity index (χ4n) is 1.51. The Morgan fingerprint density at radius 2 is 2.00 bits per heavy atom. The van der Waals surface area contributed by atoms with Gasteiger partial charge in [-0.15, -0.1) is 0 Å². The smallest absolute Gasteiger partial charge is 0.0639 e. The van der Waals surface area contributed by atoms with Crippen LogP contribution in [0.1, 0.15) is 12.0 Å². The molecule has 0 heterocycles. The third-order valence-corrected chi connectivity index (χ3v) is 2.71. The first-order valence-corrected chi connectivity index (χ1v) is 6.59. The quantitative estimate of drug-likeness (QED) is 0.748. The van der Waals surface area contributed by atoms with Crippen LogP contribution in [0, 0.1) is 6.92 Å². The molecule has 0 aliphatic carbocycles. The summed E-state index contributed by atoms with van der Waals surface area (Å²) in [5.41, 5.74) is 2.36. The topological polar surface area (TPSA) is 30.5 Å². The molecule has 3 nitrogen and oxygen atoms in total. The molecule has 0 unspecified atom stereocenters. The van der Waals surface area contributed by atoms with E-state index in [1.807, 2.05) is 0 Å². The number of methoxy groups -OCH3 is 1. The van der Waals surface area contributed by atoms with Crippen LogP contribution in [0.25, 0.3) is 0 Å². The molecule has 0 aromatic heterocycles. The zero-order chi connectivity index (χ0) is 12.5. The number of nitrogens with one attached hydrogen (secondary N) is 1. The Morgan fingerprint density at radius 3 is 2.71 bits per heavy atom. The molecular weight excluding hydrogens is 282 g/mol. The molecule has 4 heteroatoms. The molecule has 0 fully saturated rings. The first-order valence-electron chi connectivity index (χ1n) is 5.80. The first-order chi connectivity index (χ1) is 8.22. The van der Waals surface area contributed by atoms with Crippen LogP contribution in [0.5, 0.6) is 0 Å². The van der Waals surface area contributed by atoms with Crippen LogP contribution in [0.2, 0.25) is 0 Å². The second-order valence-electron chi connectivity index (χ2n) is 3.90. The number of halogens is 1. The highest BCUT2D eigenvalue weighted by Gasteiger charge is 1.96. The van der Waals surface area contributed by atoms with Crippen molar-refractivity contribution in [2.45, 2.75) is 13.3 Å². The van der Waals surface area contributed by atoms with Gasteiger partial charge in [0.1, 0.15) is 0 Å². The Morgan fingerprint density at radius 1 is 1.18 bits per heavy atom. The van der Waals surface area contributed by atoms with Gasteiger partial charge in [0, 0.05) is 37.0 Å². The lowest BCUT2D eigenvalue weighted by atomic mass is 10.2. The molecule has 0 bridgehead atoms. The number of hydrogen-bond donors (Lipinski definition) is 1. The van der Waals surface area contributed by atoms with Gasteiger partial charge < -0.3 is 14.8 Å². The Kier molecular flexibility index (Phi) is 7.24. The largest absolute Gasteiger partial charge is 0.385 e. The van der Waals surface area contributed by atoms with Crippen LogP contribution in [0.15, 0.2) is 22.7 Å². The van der Waals surface area contributed by atoms with E-state index in [0.717, 1.165) is 42.9 Å². The number of rotatable bonds is 8. The summed E-state index contributed by atoms with van der Waals surface area (Å²) in [6, 6.07) is 6.28. The SMILES string of the molecule is COCCCOCCNc1cc(C)cc(Br)c1. The molecule has 0 amide bonds. The average Bonchev–Trinajstić information content (AvgIpc) is 2.26. The van der Waals surface area contributed by atoms with Crippen molar-refractivity contribution in [3.63, 3.8) is 0 Å². The van der Waals surface area contributed by atoms with E-state index in [9.17, 15) is 0 Å². The van der Waals surface area contributed by atoms with Gasteiger partial charge in [0.2, 0.25) is 0 Å². The van der Waals surface area contributed by atoms with E-state index in [1.165, 1.54) is 5.56 Å². The van der Waals surface area contributed by atoms with Crippen LogP contribution in [0.3, 0.4) is 0 Å². The van der Waals surface area contributed by atoms with E-state index in [4.69, 9.17) is 9.47 Å². The van der Waals surface area contributed by atoms with Gasteiger partial charge in [0.25, 0.3) is 0 Å². The molecule has 1 aromatic rings. The lowest BCUT2D eigenvalue weighted by molar-refractivity contribution is 0.109. The number of benzene rings is 1. The van der Waals surface area contributed by atoms with E-state index in [1.54, 1.807) is 7.11 Å². The minimum Gasteiger partial charge on any atom is -0.385 e.